The van der Waals surface area contributed by atoms with Crippen LogP contribution in [-0.2, 0) is 11.2 Å². The monoisotopic (exact) mass is 275 g/mol. The van der Waals surface area contributed by atoms with E-state index in [2.05, 4.69) is 15.9 Å². The number of hydrogen-bond acceptors (Lipinski definition) is 2. The number of rotatable bonds is 5. The SMILES string of the molecule is CCOCC(N)Cc1cc(F)ccc1Br. The molecular formula is C11H15BrFNO. The lowest BCUT2D eigenvalue weighted by molar-refractivity contribution is 0.133. The van der Waals surface area contributed by atoms with Crippen molar-refractivity contribution in [3.63, 3.8) is 0 Å². The highest BCUT2D eigenvalue weighted by Crippen LogP contribution is 2.19. The van der Waals surface area contributed by atoms with Gasteiger partial charge in [0.1, 0.15) is 5.82 Å². The normalized spacial score (nSPS) is 12.8. The van der Waals surface area contributed by atoms with E-state index in [1.54, 1.807) is 6.07 Å². The lowest BCUT2D eigenvalue weighted by Crippen LogP contribution is -2.28. The van der Waals surface area contributed by atoms with Crippen LogP contribution < -0.4 is 5.73 Å². The minimum absolute atomic E-state index is 0.0944. The molecule has 0 aliphatic heterocycles. The van der Waals surface area contributed by atoms with Crippen molar-refractivity contribution in [2.24, 2.45) is 5.73 Å². The Morgan fingerprint density at radius 1 is 1.53 bits per heavy atom. The van der Waals surface area contributed by atoms with Crippen LogP contribution in [-0.4, -0.2) is 19.3 Å². The molecular weight excluding hydrogens is 261 g/mol. The average molecular weight is 276 g/mol. The summed E-state index contributed by atoms with van der Waals surface area (Å²) in [4.78, 5) is 0. The molecule has 4 heteroatoms. The lowest BCUT2D eigenvalue weighted by Gasteiger charge is -2.12. The Morgan fingerprint density at radius 2 is 2.27 bits per heavy atom. The smallest absolute Gasteiger partial charge is 0.123 e. The summed E-state index contributed by atoms with van der Waals surface area (Å²) >= 11 is 3.36. The van der Waals surface area contributed by atoms with E-state index in [0.717, 1.165) is 10.0 Å². The van der Waals surface area contributed by atoms with Gasteiger partial charge in [0.2, 0.25) is 0 Å². The highest BCUT2D eigenvalue weighted by atomic mass is 79.9. The molecule has 0 heterocycles. The molecule has 0 aliphatic carbocycles. The maximum atomic E-state index is 13.0. The number of ether oxygens (including phenoxy) is 1. The molecule has 0 radical (unpaired) electrons. The second-order valence-corrected chi connectivity index (χ2v) is 4.21. The number of hydrogen-bond donors (Lipinski definition) is 1. The van der Waals surface area contributed by atoms with E-state index in [9.17, 15) is 4.39 Å². The molecule has 1 unspecified atom stereocenters. The molecule has 0 saturated heterocycles. The van der Waals surface area contributed by atoms with Gasteiger partial charge in [-0.15, -0.1) is 0 Å². The predicted octanol–water partition coefficient (Wildman–Crippen LogP) is 2.49. The van der Waals surface area contributed by atoms with Crippen LogP contribution in [0.15, 0.2) is 22.7 Å². The third-order valence-electron chi connectivity index (χ3n) is 2.03. The fraction of sp³-hybridized carbons (Fsp3) is 0.455. The maximum Gasteiger partial charge on any atom is 0.123 e. The van der Waals surface area contributed by atoms with Crippen LogP contribution in [0.4, 0.5) is 4.39 Å². The first-order chi connectivity index (χ1) is 7.13. The summed E-state index contributed by atoms with van der Waals surface area (Å²) in [6.07, 6.45) is 0.609. The van der Waals surface area contributed by atoms with Gasteiger partial charge >= 0.3 is 0 Å². The number of benzene rings is 1. The van der Waals surface area contributed by atoms with Crippen molar-refractivity contribution >= 4 is 15.9 Å². The maximum absolute atomic E-state index is 13.0. The van der Waals surface area contributed by atoms with Crippen molar-refractivity contribution in [1.82, 2.24) is 0 Å². The summed E-state index contributed by atoms with van der Waals surface area (Å²) in [5.41, 5.74) is 6.72. The average Bonchev–Trinajstić information content (AvgIpc) is 2.20. The fourth-order valence-corrected chi connectivity index (χ4v) is 1.72. The molecule has 1 atom stereocenters. The van der Waals surface area contributed by atoms with Gasteiger partial charge in [0, 0.05) is 17.1 Å². The van der Waals surface area contributed by atoms with Crippen LogP contribution in [0.3, 0.4) is 0 Å². The molecule has 15 heavy (non-hydrogen) atoms. The van der Waals surface area contributed by atoms with Crippen LogP contribution in [0.5, 0.6) is 0 Å². The van der Waals surface area contributed by atoms with Crippen molar-refractivity contribution in [2.75, 3.05) is 13.2 Å². The van der Waals surface area contributed by atoms with Gasteiger partial charge in [-0.05, 0) is 37.1 Å². The molecule has 0 aliphatic rings. The molecule has 0 amide bonds. The Labute approximate surface area is 97.7 Å². The third-order valence-corrected chi connectivity index (χ3v) is 2.80. The first kappa shape index (κ1) is 12.6. The van der Waals surface area contributed by atoms with E-state index in [0.29, 0.717) is 19.6 Å². The summed E-state index contributed by atoms with van der Waals surface area (Å²) in [5.74, 6) is -0.239. The van der Waals surface area contributed by atoms with Gasteiger partial charge in [-0.2, -0.15) is 0 Å². The molecule has 0 saturated carbocycles. The Hall–Kier alpha value is -0.450. The first-order valence-corrected chi connectivity index (χ1v) is 5.70. The molecule has 0 aromatic heterocycles. The van der Waals surface area contributed by atoms with E-state index in [-0.39, 0.29) is 11.9 Å². The highest BCUT2D eigenvalue weighted by Gasteiger charge is 2.08. The second kappa shape index (κ2) is 6.20. The Morgan fingerprint density at radius 3 is 2.93 bits per heavy atom. The molecule has 84 valence electrons. The zero-order valence-corrected chi connectivity index (χ0v) is 10.3. The van der Waals surface area contributed by atoms with Crippen molar-refractivity contribution in [1.29, 1.82) is 0 Å². The third kappa shape index (κ3) is 4.28. The summed E-state index contributed by atoms with van der Waals surface area (Å²) in [5, 5.41) is 0. The van der Waals surface area contributed by atoms with Crippen LogP contribution in [0.2, 0.25) is 0 Å². The fourth-order valence-electron chi connectivity index (χ4n) is 1.31. The molecule has 2 N–H and O–H groups in total. The topological polar surface area (TPSA) is 35.2 Å². The molecule has 1 aromatic carbocycles. The summed E-state index contributed by atoms with van der Waals surface area (Å²) in [7, 11) is 0. The van der Waals surface area contributed by atoms with E-state index in [1.807, 2.05) is 6.92 Å². The van der Waals surface area contributed by atoms with E-state index >= 15 is 0 Å². The summed E-state index contributed by atoms with van der Waals surface area (Å²) in [6, 6.07) is 4.51. The molecule has 0 fully saturated rings. The zero-order chi connectivity index (χ0) is 11.3. The van der Waals surface area contributed by atoms with Crippen molar-refractivity contribution in [3.05, 3.63) is 34.1 Å². The quantitative estimate of drug-likeness (QED) is 0.896. The van der Waals surface area contributed by atoms with Gasteiger partial charge in [-0.1, -0.05) is 15.9 Å². The Kier molecular flexibility index (Phi) is 5.22. The largest absolute Gasteiger partial charge is 0.380 e. The molecule has 2 nitrogen and oxygen atoms in total. The standard InChI is InChI=1S/C11H15BrFNO/c1-2-15-7-10(14)6-8-5-9(13)3-4-11(8)12/h3-5,10H,2,6-7,14H2,1H3. The van der Waals surface area contributed by atoms with Gasteiger partial charge in [0.25, 0.3) is 0 Å². The van der Waals surface area contributed by atoms with Gasteiger partial charge in [-0.25, -0.2) is 4.39 Å². The van der Waals surface area contributed by atoms with Gasteiger partial charge in [0.15, 0.2) is 0 Å². The van der Waals surface area contributed by atoms with E-state index in [4.69, 9.17) is 10.5 Å². The molecule has 1 rings (SSSR count). The van der Waals surface area contributed by atoms with Crippen LogP contribution in [0.25, 0.3) is 0 Å². The van der Waals surface area contributed by atoms with Crippen molar-refractivity contribution in [2.45, 2.75) is 19.4 Å². The Balaban J connectivity index is 2.59. The van der Waals surface area contributed by atoms with Crippen molar-refractivity contribution in [3.8, 4) is 0 Å². The summed E-state index contributed by atoms with van der Waals surface area (Å²) < 4.78 is 19.0. The number of nitrogens with two attached hydrogens (primary N) is 1. The molecule has 1 aromatic rings. The van der Waals surface area contributed by atoms with E-state index < -0.39 is 0 Å². The highest BCUT2D eigenvalue weighted by molar-refractivity contribution is 9.10. The van der Waals surface area contributed by atoms with Crippen LogP contribution >= 0.6 is 15.9 Å². The zero-order valence-electron chi connectivity index (χ0n) is 8.67. The molecule has 0 spiro atoms. The minimum atomic E-state index is -0.239. The summed E-state index contributed by atoms with van der Waals surface area (Å²) in [6.45, 7) is 3.07. The van der Waals surface area contributed by atoms with E-state index in [1.165, 1.54) is 12.1 Å². The molecule has 0 bridgehead atoms. The van der Waals surface area contributed by atoms with Crippen LogP contribution in [0.1, 0.15) is 12.5 Å². The van der Waals surface area contributed by atoms with Crippen molar-refractivity contribution < 1.29 is 9.13 Å². The Bertz CT molecular complexity index is 319. The predicted molar refractivity (Wildman–Crippen MR) is 62.3 cm³/mol. The van der Waals surface area contributed by atoms with Gasteiger partial charge in [-0.3, -0.25) is 0 Å². The van der Waals surface area contributed by atoms with Crippen LogP contribution in [0, 0.1) is 5.82 Å². The second-order valence-electron chi connectivity index (χ2n) is 3.36. The lowest BCUT2D eigenvalue weighted by atomic mass is 10.1. The van der Waals surface area contributed by atoms with Gasteiger partial charge in [0.05, 0.1) is 6.61 Å². The minimum Gasteiger partial charge on any atom is -0.380 e. The number of halogens is 2. The first-order valence-electron chi connectivity index (χ1n) is 4.90. The van der Waals surface area contributed by atoms with Gasteiger partial charge < -0.3 is 10.5 Å².